The van der Waals surface area contributed by atoms with Crippen LogP contribution in [0.4, 0.5) is 5.82 Å². The second-order valence-corrected chi connectivity index (χ2v) is 8.27. The van der Waals surface area contributed by atoms with Crippen LogP contribution in [-0.4, -0.2) is 48.1 Å². The highest BCUT2D eigenvalue weighted by atomic mass is 16.5. The lowest BCUT2D eigenvalue weighted by Gasteiger charge is -2.33. The molecule has 9 heteroatoms. The number of nitrogens with zero attached hydrogens (tertiary/aromatic N) is 5. The number of aliphatic hydroxyl groups is 1. The number of carbonyl (C=O) groups is 1. The zero-order chi connectivity index (χ0) is 22.2. The van der Waals surface area contributed by atoms with Gasteiger partial charge in [-0.2, -0.15) is 14.7 Å². The average Bonchev–Trinajstić information content (AvgIpc) is 3.39. The number of ether oxygens (including phenoxy) is 1. The van der Waals surface area contributed by atoms with Crippen LogP contribution in [0.5, 0.6) is 5.75 Å². The van der Waals surface area contributed by atoms with Crippen molar-refractivity contribution in [3.8, 4) is 5.75 Å². The zero-order valence-corrected chi connectivity index (χ0v) is 18.1. The van der Waals surface area contributed by atoms with E-state index in [1.54, 1.807) is 35.1 Å². The fourth-order valence-electron chi connectivity index (χ4n) is 4.48. The molecular formula is C23H26N6O3. The minimum Gasteiger partial charge on any atom is -0.493 e. The Morgan fingerprint density at radius 1 is 1.34 bits per heavy atom. The minimum absolute atomic E-state index is 0.120. The van der Waals surface area contributed by atoms with Gasteiger partial charge in [-0.15, -0.1) is 0 Å². The van der Waals surface area contributed by atoms with E-state index in [0.29, 0.717) is 29.4 Å². The predicted octanol–water partition coefficient (Wildman–Crippen LogP) is 3.45. The van der Waals surface area contributed by atoms with Gasteiger partial charge >= 0.3 is 0 Å². The monoisotopic (exact) mass is 434 g/mol. The van der Waals surface area contributed by atoms with Gasteiger partial charge in [0.15, 0.2) is 11.5 Å². The van der Waals surface area contributed by atoms with Gasteiger partial charge in [0, 0.05) is 29.8 Å². The van der Waals surface area contributed by atoms with Gasteiger partial charge in [-0.3, -0.25) is 9.48 Å². The molecule has 0 aliphatic heterocycles. The Bertz CT molecular complexity index is 1280. The minimum atomic E-state index is -0.319. The van der Waals surface area contributed by atoms with Crippen LogP contribution in [0.2, 0.25) is 0 Å². The highest BCUT2D eigenvalue weighted by Crippen LogP contribution is 2.35. The Morgan fingerprint density at radius 3 is 3.06 bits per heavy atom. The molecule has 1 fully saturated rings. The number of carbonyl (C=O) groups excluding carboxylic acids is 1. The molecule has 166 valence electrons. The largest absolute Gasteiger partial charge is 0.493 e. The van der Waals surface area contributed by atoms with E-state index in [1.807, 2.05) is 23.9 Å². The van der Waals surface area contributed by atoms with Crippen molar-refractivity contribution in [2.75, 3.05) is 11.9 Å². The van der Waals surface area contributed by atoms with E-state index in [9.17, 15) is 9.90 Å². The van der Waals surface area contributed by atoms with E-state index in [0.717, 1.165) is 30.2 Å². The van der Waals surface area contributed by atoms with E-state index in [-0.39, 0.29) is 24.0 Å². The number of hydrogen-bond acceptors (Lipinski definition) is 6. The maximum atomic E-state index is 13.2. The van der Waals surface area contributed by atoms with Gasteiger partial charge in [-0.25, -0.2) is 4.98 Å². The molecule has 3 heterocycles. The quantitative estimate of drug-likeness (QED) is 0.498. The first kappa shape index (κ1) is 20.4. The first-order valence-electron chi connectivity index (χ1n) is 11.0. The van der Waals surface area contributed by atoms with Crippen molar-refractivity contribution in [3.05, 3.63) is 48.4 Å². The Morgan fingerprint density at radius 2 is 2.22 bits per heavy atom. The lowest BCUT2D eigenvalue weighted by Crippen LogP contribution is -2.32. The fourth-order valence-corrected chi connectivity index (χ4v) is 4.48. The molecule has 0 radical (unpaired) electrons. The SMILES string of the molecule is CCOc1cc2nn([C@H]3CCC[C@H](O)[C@@H]3C)cc2cc1C(=O)Nc1cnc2cccnn12. The molecule has 32 heavy (non-hydrogen) atoms. The molecule has 1 aromatic carbocycles. The summed E-state index contributed by atoms with van der Waals surface area (Å²) in [5, 5.41) is 23.0. The van der Waals surface area contributed by atoms with Crippen LogP contribution in [0.3, 0.4) is 0 Å². The van der Waals surface area contributed by atoms with E-state index in [4.69, 9.17) is 9.84 Å². The maximum absolute atomic E-state index is 13.2. The third kappa shape index (κ3) is 3.58. The van der Waals surface area contributed by atoms with E-state index >= 15 is 0 Å². The highest BCUT2D eigenvalue weighted by Gasteiger charge is 2.30. The van der Waals surface area contributed by atoms with Crippen molar-refractivity contribution in [2.24, 2.45) is 5.92 Å². The van der Waals surface area contributed by atoms with Gasteiger partial charge in [-0.05, 0) is 44.4 Å². The summed E-state index contributed by atoms with van der Waals surface area (Å²) in [6.07, 6.45) is 7.62. The Balaban J connectivity index is 1.50. The lowest BCUT2D eigenvalue weighted by molar-refractivity contribution is 0.0430. The standard InChI is InChI=1S/C23H26N6O3/c1-3-32-20-11-17-15(13-28(27-17)18-6-4-7-19(30)14(18)2)10-16(20)23(31)26-22-12-24-21-8-5-9-25-29(21)22/h5,8-14,18-19,30H,3-4,6-7H2,1-2H3,(H,26,31)/t14-,18+,19+/m1/s1. The molecule has 2 N–H and O–H groups in total. The van der Waals surface area contributed by atoms with Crippen LogP contribution < -0.4 is 10.1 Å². The summed E-state index contributed by atoms with van der Waals surface area (Å²) in [6, 6.07) is 7.35. The second-order valence-electron chi connectivity index (χ2n) is 8.27. The normalized spacial score (nSPS) is 21.2. The summed E-state index contributed by atoms with van der Waals surface area (Å²) in [5.41, 5.74) is 1.82. The van der Waals surface area contributed by atoms with Gasteiger partial charge < -0.3 is 15.2 Å². The van der Waals surface area contributed by atoms with Gasteiger partial charge in [-0.1, -0.05) is 6.92 Å². The maximum Gasteiger partial charge on any atom is 0.260 e. The summed E-state index contributed by atoms with van der Waals surface area (Å²) >= 11 is 0. The summed E-state index contributed by atoms with van der Waals surface area (Å²) < 4.78 is 9.29. The van der Waals surface area contributed by atoms with Crippen LogP contribution in [0.1, 0.15) is 49.5 Å². The smallest absolute Gasteiger partial charge is 0.260 e. The molecule has 1 amide bonds. The lowest BCUT2D eigenvalue weighted by atomic mass is 9.83. The van der Waals surface area contributed by atoms with Gasteiger partial charge in [0.1, 0.15) is 5.75 Å². The van der Waals surface area contributed by atoms with Crippen molar-refractivity contribution < 1.29 is 14.6 Å². The molecule has 0 spiro atoms. The molecule has 5 rings (SSSR count). The van der Waals surface area contributed by atoms with Crippen molar-refractivity contribution in [3.63, 3.8) is 0 Å². The highest BCUT2D eigenvalue weighted by molar-refractivity contribution is 6.08. The average molecular weight is 435 g/mol. The Hall–Kier alpha value is -3.46. The van der Waals surface area contributed by atoms with Gasteiger partial charge in [0.25, 0.3) is 5.91 Å². The molecule has 3 atom stereocenters. The summed E-state index contributed by atoms with van der Waals surface area (Å²) in [6.45, 7) is 4.37. The number of benzene rings is 1. The number of amides is 1. The van der Waals surface area contributed by atoms with Crippen molar-refractivity contribution in [1.29, 1.82) is 0 Å². The molecular weight excluding hydrogens is 408 g/mol. The number of rotatable bonds is 5. The Labute approximate surface area is 185 Å². The molecule has 0 unspecified atom stereocenters. The van der Waals surface area contributed by atoms with Crippen molar-refractivity contribution >= 4 is 28.3 Å². The van der Waals surface area contributed by atoms with E-state index in [2.05, 4.69) is 22.3 Å². The van der Waals surface area contributed by atoms with E-state index in [1.165, 1.54) is 0 Å². The van der Waals surface area contributed by atoms with E-state index < -0.39 is 0 Å². The number of imidazole rings is 1. The van der Waals surface area contributed by atoms with Crippen LogP contribution in [0.25, 0.3) is 16.6 Å². The number of anilines is 1. The zero-order valence-electron chi connectivity index (χ0n) is 18.1. The molecule has 4 aromatic rings. The van der Waals surface area contributed by atoms with Crippen molar-refractivity contribution in [1.82, 2.24) is 24.4 Å². The fraction of sp³-hybridized carbons (Fsp3) is 0.391. The molecule has 0 saturated heterocycles. The summed E-state index contributed by atoms with van der Waals surface area (Å²) in [4.78, 5) is 17.4. The number of aliphatic hydroxyl groups excluding tert-OH is 1. The van der Waals surface area contributed by atoms with Crippen LogP contribution in [-0.2, 0) is 0 Å². The van der Waals surface area contributed by atoms with Crippen LogP contribution >= 0.6 is 0 Å². The van der Waals surface area contributed by atoms with Gasteiger partial charge in [0.2, 0.25) is 0 Å². The third-order valence-corrected chi connectivity index (χ3v) is 6.24. The summed E-state index contributed by atoms with van der Waals surface area (Å²) in [7, 11) is 0. The number of aromatic nitrogens is 5. The Kier molecular flexibility index (Phi) is 5.26. The first-order valence-corrected chi connectivity index (χ1v) is 11.0. The predicted molar refractivity (Wildman–Crippen MR) is 120 cm³/mol. The molecule has 0 bridgehead atoms. The molecule has 1 saturated carbocycles. The number of hydrogen-bond donors (Lipinski definition) is 2. The second kappa shape index (κ2) is 8.23. The van der Waals surface area contributed by atoms with Crippen LogP contribution in [0.15, 0.2) is 42.9 Å². The first-order chi connectivity index (χ1) is 15.5. The summed E-state index contributed by atoms with van der Waals surface area (Å²) in [5.74, 6) is 0.766. The molecule has 3 aromatic heterocycles. The number of fused-ring (bicyclic) bond motifs is 2. The topological polar surface area (TPSA) is 107 Å². The van der Waals surface area contributed by atoms with Crippen LogP contribution in [0, 0.1) is 5.92 Å². The van der Waals surface area contributed by atoms with Crippen molar-refractivity contribution in [2.45, 2.75) is 45.3 Å². The molecule has 9 nitrogen and oxygen atoms in total. The number of nitrogens with one attached hydrogen (secondary N) is 1. The molecule has 1 aliphatic rings. The van der Waals surface area contributed by atoms with Gasteiger partial charge in [0.05, 0.1) is 36.0 Å². The molecule has 1 aliphatic carbocycles. The third-order valence-electron chi connectivity index (χ3n) is 6.24.